The molecule has 8 heteroatoms. The number of rotatable bonds is 7. The van der Waals surface area contributed by atoms with Crippen LogP contribution < -0.4 is 0 Å². The van der Waals surface area contributed by atoms with Crippen molar-refractivity contribution in [3.63, 3.8) is 0 Å². The number of likely N-dealkylation sites (tertiary alicyclic amines) is 1. The second-order valence-electron chi connectivity index (χ2n) is 7.42. The molecule has 156 valence electrons. The lowest BCUT2D eigenvalue weighted by atomic mass is 10.0. The summed E-state index contributed by atoms with van der Waals surface area (Å²) in [5.74, 6) is 0.777. The molecule has 0 radical (unpaired) electrons. The van der Waals surface area contributed by atoms with Crippen molar-refractivity contribution in [2.45, 2.75) is 51.5 Å². The van der Waals surface area contributed by atoms with Crippen LogP contribution in [0.3, 0.4) is 0 Å². The molecule has 0 saturated carbocycles. The first kappa shape index (κ1) is 21.3. The van der Waals surface area contributed by atoms with Gasteiger partial charge in [-0.1, -0.05) is 42.2 Å². The van der Waals surface area contributed by atoms with Gasteiger partial charge in [0.25, 0.3) is 0 Å². The van der Waals surface area contributed by atoms with Gasteiger partial charge >= 0.3 is 0 Å². The van der Waals surface area contributed by atoms with Crippen LogP contribution in [0.4, 0.5) is 0 Å². The molecule has 2 amide bonds. The van der Waals surface area contributed by atoms with Crippen molar-refractivity contribution in [3.8, 4) is 11.4 Å². The highest BCUT2D eigenvalue weighted by molar-refractivity contribution is 6.30. The number of hydrogen-bond donors (Lipinski definition) is 0. The number of piperidine rings is 1. The first-order valence-electron chi connectivity index (χ1n) is 10.1. The molecular formula is C21H27ClN4O3. The fourth-order valence-corrected chi connectivity index (χ4v) is 3.69. The van der Waals surface area contributed by atoms with Gasteiger partial charge in [-0.15, -0.1) is 0 Å². The molecule has 1 aliphatic rings. The fourth-order valence-electron chi connectivity index (χ4n) is 3.50. The molecule has 1 aromatic carbocycles. The third-order valence-electron chi connectivity index (χ3n) is 5.18. The van der Waals surface area contributed by atoms with Crippen LogP contribution in [0.1, 0.15) is 57.4 Å². The van der Waals surface area contributed by atoms with Crippen LogP contribution >= 0.6 is 11.6 Å². The van der Waals surface area contributed by atoms with E-state index >= 15 is 0 Å². The Hall–Kier alpha value is -2.41. The van der Waals surface area contributed by atoms with Crippen molar-refractivity contribution >= 4 is 23.4 Å². The molecule has 0 N–H and O–H groups in total. The first-order chi connectivity index (χ1) is 14.0. The molecule has 29 heavy (non-hydrogen) atoms. The number of nitrogens with zero attached hydrogens (tertiary/aromatic N) is 4. The van der Waals surface area contributed by atoms with E-state index in [-0.39, 0.29) is 24.4 Å². The van der Waals surface area contributed by atoms with Gasteiger partial charge in [0.2, 0.25) is 23.5 Å². The highest BCUT2D eigenvalue weighted by atomic mass is 35.5. The number of carbonyl (C=O) groups is 2. The highest BCUT2D eigenvalue weighted by Crippen LogP contribution is 2.31. The molecule has 0 bridgehead atoms. The number of unbranched alkanes of at least 4 members (excludes halogenated alkanes) is 1. The maximum absolute atomic E-state index is 12.9. The van der Waals surface area contributed by atoms with E-state index in [0.29, 0.717) is 29.7 Å². The van der Waals surface area contributed by atoms with E-state index < -0.39 is 0 Å². The number of halogens is 1. The summed E-state index contributed by atoms with van der Waals surface area (Å²) in [5.41, 5.74) is 0.766. The van der Waals surface area contributed by atoms with Gasteiger partial charge < -0.3 is 14.3 Å². The zero-order chi connectivity index (χ0) is 20.8. The van der Waals surface area contributed by atoms with Crippen LogP contribution in [0.15, 0.2) is 28.8 Å². The van der Waals surface area contributed by atoms with Gasteiger partial charge in [0.1, 0.15) is 6.04 Å². The van der Waals surface area contributed by atoms with E-state index in [2.05, 4.69) is 10.1 Å². The predicted molar refractivity (Wildman–Crippen MR) is 110 cm³/mol. The van der Waals surface area contributed by atoms with Crippen molar-refractivity contribution in [1.29, 1.82) is 0 Å². The van der Waals surface area contributed by atoms with E-state index in [1.807, 2.05) is 19.1 Å². The molecule has 7 nitrogen and oxygen atoms in total. The summed E-state index contributed by atoms with van der Waals surface area (Å²) >= 11 is 6.05. The summed E-state index contributed by atoms with van der Waals surface area (Å²) in [5, 5.41) is 4.67. The third-order valence-corrected chi connectivity index (χ3v) is 5.41. The SMILES string of the molecule is CCCCC(=O)N(C)CC(=O)N1CCCCC1c1nc(-c2cccc(Cl)c2)no1. The normalized spacial score (nSPS) is 16.7. The Kier molecular flexibility index (Phi) is 7.25. The van der Waals surface area contributed by atoms with E-state index in [0.717, 1.165) is 37.7 Å². The summed E-state index contributed by atoms with van der Waals surface area (Å²) in [7, 11) is 1.68. The molecule has 0 spiro atoms. The Morgan fingerprint density at radius 3 is 2.93 bits per heavy atom. The van der Waals surface area contributed by atoms with E-state index in [1.54, 1.807) is 24.1 Å². The molecule has 0 aliphatic carbocycles. The van der Waals surface area contributed by atoms with Crippen molar-refractivity contribution in [3.05, 3.63) is 35.2 Å². The van der Waals surface area contributed by atoms with E-state index in [4.69, 9.17) is 16.1 Å². The molecule has 2 aromatic rings. The molecule has 1 unspecified atom stereocenters. The van der Waals surface area contributed by atoms with Gasteiger partial charge in [-0.3, -0.25) is 9.59 Å². The van der Waals surface area contributed by atoms with E-state index in [9.17, 15) is 9.59 Å². The van der Waals surface area contributed by atoms with E-state index in [1.165, 1.54) is 4.90 Å². The maximum atomic E-state index is 12.9. The first-order valence-corrected chi connectivity index (χ1v) is 10.5. The number of benzene rings is 1. The lowest BCUT2D eigenvalue weighted by Crippen LogP contribution is -2.44. The number of aromatic nitrogens is 2. The quantitative estimate of drug-likeness (QED) is 0.676. The number of carbonyl (C=O) groups excluding carboxylic acids is 2. The molecule has 1 saturated heterocycles. The van der Waals surface area contributed by atoms with Gasteiger partial charge in [-0.2, -0.15) is 4.98 Å². The van der Waals surface area contributed by atoms with Crippen LogP contribution in [0.25, 0.3) is 11.4 Å². The van der Waals surface area contributed by atoms with Gasteiger partial charge in [-0.25, -0.2) is 0 Å². The summed E-state index contributed by atoms with van der Waals surface area (Å²) in [6.45, 7) is 2.72. The fraction of sp³-hybridized carbons (Fsp3) is 0.524. The van der Waals surface area contributed by atoms with Gasteiger partial charge in [0, 0.05) is 30.6 Å². The molecule has 3 rings (SSSR count). The van der Waals surface area contributed by atoms with Crippen molar-refractivity contribution in [2.75, 3.05) is 20.1 Å². The second-order valence-corrected chi connectivity index (χ2v) is 7.86. The predicted octanol–water partition coefficient (Wildman–Crippen LogP) is 4.09. The third kappa shape index (κ3) is 5.35. The summed E-state index contributed by atoms with van der Waals surface area (Å²) in [6, 6.07) is 6.98. The zero-order valence-electron chi connectivity index (χ0n) is 16.9. The lowest BCUT2D eigenvalue weighted by Gasteiger charge is -2.34. The van der Waals surface area contributed by atoms with Gasteiger partial charge in [0.05, 0.1) is 6.54 Å². The highest BCUT2D eigenvalue weighted by Gasteiger charge is 2.33. The Balaban J connectivity index is 1.71. The molecule has 2 heterocycles. The zero-order valence-corrected chi connectivity index (χ0v) is 17.7. The minimum Gasteiger partial charge on any atom is -0.337 e. The Morgan fingerprint density at radius 2 is 2.17 bits per heavy atom. The molecule has 1 aliphatic heterocycles. The summed E-state index contributed by atoms with van der Waals surface area (Å²) in [6.07, 6.45) is 4.91. The molecule has 1 aromatic heterocycles. The maximum Gasteiger partial charge on any atom is 0.249 e. The minimum atomic E-state index is -0.268. The number of hydrogen-bond acceptors (Lipinski definition) is 5. The standard InChI is InChI=1S/C21H27ClN4O3/c1-3-4-11-18(27)25(2)14-19(28)26-12-6-5-10-17(26)21-23-20(24-29-21)15-8-7-9-16(22)13-15/h7-9,13,17H,3-6,10-12,14H2,1-2H3. The number of likely N-dealkylation sites (N-methyl/N-ethyl adjacent to an activating group) is 1. The lowest BCUT2D eigenvalue weighted by molar-refractivity contribution is -0.142. The minimum absolute atomic E-state index is 0.00482. The second kappa shape index (κ2) is 9.87. The molecule has 1 atom stereocenters. The number of amides is 2. The largest absolute Gasteiger partial charge is 0.337 e. The topological polar surface area (TPSA) is 79.5 Å². The Labute approximate surface area is 176 Å². The molecular weight excluding hydrogens is 392 g/mol. The van der Waals surface area contributed by atoms with Crippen LogP contribution in [0.5, 0.6) is 0 Å². The van der Waals surface area contributed by atoms with Crippen LogP contribution in [0.2, 0.25) is 5.02 Å². The summed E-state index contributed by atoms with van der Waals surface area (Å²) in [4.78, 5) is 32.9. The summed E-state index contributed by atoms with van der Waals surface area (Å²) < 4.78 is 5.51. The average molecular weight is 419 g/mol. The van der Waals surface area contributed by atoms with Crippen molar-refractivity contribution in [1.82, 2.24) is 19.9 Å². The average Bonchev–Trinajstić information content (AvgIpc) is 3.22. The van der Waals surface area contributed by atoms with Gasteiger partial charge in [0.15, 0.2) is 0 Å². The van der Waals surface area contributed by atoms with Crippen LogP contribution in [-0.2, 0) is 9.59 Å². The van der Waals surface area contributed by atoms with Crippen molar-refractivity contribution < 1.29 is 14.1 Å². The monoisotopic (exact) mass is 418 g/mol. The Morgan fingerprint density at radius 1 is 1.34 bits per heavy atom. The molecule has 1 fully saturated rings. The van der Waals surface area contributed by atoms with Crippen LogP contribution in [-0.4, -0.2) is 51.9 Å². The smallest absolute Gasteiger partial charge is 0.249 e. The van der Waals surface area contributed by atoms with Gasteiger partial charge in [-0.05, 0) is 37.8 Å². The Bertz CT molecular complexity index is 854. The van der Waals surface area contributed by atoms with Crippen LogP contribution in [0, 0.1) is 0 Å². The van der Waals surface area contributed by atoms with Crippen molar-refractivity contribution in [2.24, 2.45) is 0 Å².